The number of nitrogens with one attached hydrogen (secondary N) is 2. The molecular weight excluding hydrogens is 344 g/mol. The number of ether oxygens (including phenoxy) is 1. The number of carbonyl (C=O) groups excluding carboxylic acids is 1. The molecule has 0 saturated carbocycles. The molecule has 1 fully saturated rings. The standard InChI is InChI=1S/C18H28N2O2S.ClH/c1-13(2)10-16(15-6-4-5-7-17(15)22-3)20-18(21)11-14-12-23-9-8-19-14;/h4-7,13-14,16,19H,8-12H2,1-3H3,(H,20,21);1H. The van der Waals surface area contributed by atoms with Crippen molar-refractivity contribution in [3.63, 3.8) is 0 Å². The molecule has 24 heavy (non-hydrogen) atoms. The van der Waals surface area contributed by atoms with Crippen molar-refractivity contribution in [1.29, 1.82) is 0 Å². The van der Waals surface area contributed by atoms with Crippen LogP contribution in [0.25, 0.3) is 0 Å². The van der Waals surface area contributed by atoms with Gasteiger partial charge in [-0.25, -0.2) is 0 Å². The first-order chi connectivity index (χ1) is 11.1. The van der Waals surface area contributed by atoms with Crippen molar-refractivity contribution in [3.05, 3.63) is 29.8 Å². The summed E-state index contributed by atoms with van der Waals surface area (Å²) in [4.78, 5) is 12.5. The third-order valence-corrected chi connectivity index (χ3v) is 5.12. The molecule has 6 heteroatoms. The van der Waals surface area contributed by atoms with E-state index in [0.29, 0.717) is 12.3 Å². The summed E-state index contributed by atoms with van der Waals surface area (Å²) in [6.07, 6.45) is 1.44. The van der Waals surface area contributed by atoms with Gasteiger partial charge in [-0.2, -0.15) is 11.8 Å². The van der Waals surface area contributed by atoms with Crippen molar-refractivity contribution >= 4 is 30.1 Å². The topological polar surface area (TPSA) is 50.4 Å². The van der Waals surface area contributed by atoms with Crippen molar-refractivity contribution in [2.45, 2.75) is 38.8 Å². The van der Waals surface area contributed by atoms with Gasteiger partial charge in [0.05, 0.1) is 13.2 Å². The Bertz CT molecular complexity index is 508. The Hall–Kier alpha value is -0.910. The van der Waals surface area contributed by atoms with Crippen LogP contribution in [0.2, 0.25) is 0 Å². The van der Waals surface area contributed by atoms with Crippen molar-refractivity contribution in [1.82, 2.24) is 10.6 Å². The van der Waals surface area contributed by atoms with Crippen molar-refractivity contribution in [3.8, 4) is 5.75 Å². The number of para-hydroxylation sites is 1. The second-order valence-corrected chi connectivity index (χ2v) is 7.57. The molecule has 1 aliphatic heterocycles. The number of methoxy groups -OCH3 is 1. The largest absolute Gasteiger partial charge is 0.496 e. The number of thioether (sulfide) groups is 1. The van der Waals surface area contributed by atoms with Crippen molar-refractivity contribution in [2.75, 3.05) is 25.2 Å². The Labute approximate surface area is 155 Å². The lowest BCUT2D eigenvalue weighted by Gasteiger charge is -2.26. The average Bonchev–Trinajstić information content (AvgIpc) is 2.54. The van der Waals surface area contributed by atoms with E-state index in [1.54, 1.807) is 7.11 Å². The maximum atomic E-state index is 12.5. The van der Waals surface area contributed by atoms with Gasteiger partial charge in [-0.3, -0.25) is 4.79 Å². The minimum Gasteiger partial charge on any atom is -0.496 e. The van der Waals surface area contributed by atoms with Crippen LogP contribution >= 0.6 is 24.2 Å². The van der Waals surface area contributed by atoms with E-state index in [1.165, 1.54) is 0 Å². The molecule has 2 unspecified atom stereocenters. The van der Waals surface area contributed by atoms with Gasteiger partial charge in [0.25, 0.3) is 0 Å². The average molecular weight is 373 g/mol. The highest BCUT2D eigenvalue weighted by molar-refractivity contribution is 7.99. The van der Waals surface area contributed by atoms with Gasteiger partial charge >= 0.3 is 0 Å². The fourth-order valence-electron chi connectivity index (χ4n) is 2.92. The molecule has 0 aliphatic carbocycles. The van der Waals surface area contributed by atoms with Gasteiger partial charge in [-0.1, -0.05) is 32.0 Å². The summed E-state index contributed by atoms with van der Waals surface area (Å²) in [7, 11) is 1.68. The molecule has 1 amide bonds. The second kappa shape index (κ2) is 10.9. The van der Waals surface area contributed by atoms with Gasteiger partial charge in [0.15, 0.2) is 0 Å². The van der Waals surface area contributed by atoms with E-state index in [2.05, 4.69) is 24.5 Å². The number of carbonyl (C=O) groups is 1. The van der Waals surface area contributed by atoms with Gasteiger partial charge in [0, 0.05) is 36.1 Å². The van der Waals surface area contributed by atoms with E-state index >= 15 is 0 Å². The molecule has 2 N–H and O–H groups in total. The van der Waals surface area contributed by atoms with Crippen molar-refractivity contribution < 1.29 is 9.53 Å². The lowest BCUT2D eigenvalue weighted by molar-refractivity contribution is -0.122. The lowest BCUT2D eigenvalue weighted by Crippen LogP contribution is -2.42. The van der Waals surface area contributed by atoms with E-state index in [-0.39, 0.29) is 30.4 Å². The highest BCUT2D eigenvalue weighted by Gasteiger charge is 2.22. The Balaban J connectivity index is 0.00000288. The summed E-state index contributed by atoms with van der Waals surface area (Å²) >= 11 is 1.91. The first kappa shape index (κ1) is 21.1. The van der Waals surface area contributed by atoms with Crippen LogP contribution in [0.5, 0.6) is 5.75 Å². The molecule has 1 aliphatic rings. The fourth-order valence-corrected chi connectivity index (χ4v) is 3.87. The van der Waals surface area contributed by atoms with E-state index in [1.807, 2.05) is 36.0 Å². The van der Waals surface area contributed by atoms with Gasteiger partial charge < -0.3 is 15.4 Å². The van der Waals surface area contributed by atoms with Crippen LogP contribution in [0.3, 0.4) is 0 Å². The SMILES string of the molecule is COc1ccccc1C(CC(C)C)NC(=O)CC1CSCCN1.Cl. The number of amides is 1. The Kier molecular flexibility index (Phi) is 9.56. The Morgan fingerprint density at radius 2 is 2.17 bits per heavy atom. The third kappa shape index (κ3) is 6.54. The predicted octanol–water partition coefficient (Wildman–Crippen LogP) is 3.42. The van der Waals surface area contributed by atoms with Crippen molar-refractivity contribution in [2.24, 2.45) is 5.92 Å². The number of benzene rings is 1. The van der Waals surface area contributed by atoms with Crippen LogP contribution in [0.1, 0.15) is 38.3 Å². The number of halogens is 1. The van der Waals surface area contributed by atoms with Crippen LogP contribution in [0, 0.1) is 5.92 Å². The molecule has 2 rings (SSSR count). The third-order valence-electron chi connectivity index (χ3n) is 3.99. The highest BCUT2D eigenvalue weighted by Crippen LogP contribution is 2.29. The van der Waals surface area contributed by atoms with Crippen LogP contribution in [-0.2, 0) is 4.79 Å². The highest BCUT2D eigenvalue weighted by atomic mass is 35.5. The monoisotopic (exact) mass is 372 g/mol. The van der Waals surface area contributed by atoms with Gasteiger partial charge in [-0.15, -0.1) is 12.4 Å². The maximum absolute atomic E-state index is 12.5. The molecule has 1 heterocycles. The maximum Gasteiger partial charge on any atom is 0.222 e. The Morgan fingerprint density at radius 1 is 1.42 bits per heavy atom. The van der Waals surface area contributed by atoms with E-state index < -0.39 is 0 Å². The summed E-state index contributed by atoms with van der Waals surface area (Å²) in [5.74, 6) is 3.59. The van der Waals surface area contributed by atoms with Crippen LogP contribution in [0.4, 0.5) is 0 Å². The van der Waals surface area contributed by atoms with Crippen LogP contribution in [-0.4, -0.2) is 37.1 Å². The van der Waals surface area contributed by atoms with Crippen LogP contribution < -0.4 is 15.4 Å². The fraction of sp³-hybridized carbons (Fsp3) is 0.611. The summed E-state index contributed by atoms with van der Waals surface area (Å²) in [5, 5.41) is 6.64. The molecule has 2 atom stereocenters. The molecule has 1 saturated heterocycles. The minimum atomic E-state index is -0.00473. The van der Waals surface area contributed by atoms with Crippen LogP contribution in [0.15, 0.2) is 24.3 Å². The molecule has 0 spiro atoms. The molecule has 1 aromatic rings. The zero-order chi connectivity index (χ0) is 16.7. The van der Waals surface area contributed by atoms with Gasteiger partial charge in [0.2, 0.25) is 5.91 Å². The van der Waals surface area contributed by atoms with E-state index in [4.69, 9.17) is 4.74 Å². The lowest BCUT2D eigenvalue weighted by atomic mass is 9.96. The smallest absolute Gasteiger partial charge is 0.222 e. The second-order valence-electron chi connectivity index (χ2n) is 6.42. The molecule has 0 bridgehead atoms. The minimum absolute atomic E-state index is 0. The quantitative estimate of drug-likeness (QED) is 0.770. The van der Waals surface area contributed by atoms with E-state index in [0.717, 1.165) is 35.8 Å². The summed E-state index contributed by atoms with van der Waals surface area (Å²) in [5.41, 5.74) is 1.06. The predicted molar refractivity (Wildman–Crippen MR) is 104 cm³/mol. The number of hydrogen-bond donors (Lipinski definition) is 2. The summed E-state index contributed by atoms with van der Waals surface area (Å²) < 4.78 is 5.47. The zero-order valence-electron chi connectivity index (χ0n) is 14.7. The number of rotatable bonds is 7. The number of hydrogen-bond acceptors (Lipinski definition) is 4. The zero-order valence-corrected chi connectivity index (χ0v) is 16.3. The Morgan fingerprint density at radius 3 is 2.79 bits per heavy atom. The first-order valence-electron chi connectivity index (χ1n) is 8.33. The summed E-state index contributed by atoms with van der Waals surface area (Å²) in [6.45, 7) is 5.34. The van der Waals surface area contributed by atoms with Gasteiger partial charge in [-0.05, 0) is 18.4 Å². The molecule has 136 valence electrons. The van der Waals surface area contributed by atoms with E-state index in [9.17, 15) is 4.79 Å². The normalized spacial score (nSPS) is 18.6. The molecule has 0 radical (unpaired) electrons. The van der Waals surface area contributed by atoms with Gasteiger partial charge in [0.1, 0.15) is 5.75 Å². The molecule has 1 aromatic carbocycles. The molecule has 0 aromatic heterocycles. The summed E-state index contributed by atoms with van der Waals surface area (Å²) in [6, 6.07) is 8.23. The molecular formula is C18H29ClN2O2S. The first-order valence-corrected chi connectivity index (χ1v) is 9.49. The molecule has 4 nitrogen and oxygen atoms in total.